The molecule has 0 radical (unpaired) electrons. The van der Waals surface area contributed by atoms with Crippen molar-refractivity contribution in [3.05, 3.63) is 51.3 Å². The molecule has 1 amide bonds. The number of hydrogen-bond donors (Lipinski definition) is 0. The maximum atomic E-state index is 13.5. The van der Waals surface area contributed by atoms with Crippen LogP contribution in [0.3, 0.4) is 0 Å². The van der Waals surface area contributed by atoms with Crippen LogP contribution in [0.15, 0.2) is 24.4 Å². The van der Waals surface area contributed by atoms with Gasteiger partial charge in [0, 0.05) is 31.9 Å². The van der Waals surface area contributed by atoms with Gasteiger partial charge in [0.25, 0.3) is 5.91 Å². The Bertz CT molecular complexity index is 1110. The van der Waals surface area contributed by atoms with Crippen LogP contribution in [-0.4, -0.2) is 51.7 Å². The highest BCUT2D eigenvalue weighted by Gasteiger charge is 2.53. The summed E-state index contributed by atoms with van der Waals surface area (Å²) in [5.74, 6) is 1.79. The lowest BCUT2D eigenvalue weighted by Crippen LogP contribution is -2.52. The number of nitrogens with zero attached hydrogens (tertiary/aromatic N) is 5. The third-order valence-corrected chi connectivity index (χ3v) is 8.86. The first kappa shape index (κ1) is 21.6. The number of nitro groups is 1. The monoisotopic (exact) mass is 463 g/mol. The summed E-state index contributed by atoms with van der Waals surface area (Å²) in [6.45, 7) is 6.68. The van der Waals surface area contributed by atoms with Crippen molar-refractivity contribution in [2.45, 2.75) is 57.9 Å². The van der Waals surface area contributed by atoms with Gasteiger partial charge in [0.2, 0.25) is 5.69 Å². The van der Waals surface area contributed by atoms with Gasteiger partial charge in [-0.15, -0.1) is 0 Å². The zero-order valence-electron chi connectivity index (χ0n) is 20.1. The number of anilines is 1. The van der Waals surface area contributed by atoms with E-state index in [4.69, 9.17) is 0 Å². The van der Waals surface area contributed by atoms with E-state index < -0.39 is 4.92 Å². The van der Waals surface area contributed by atoms with Gasteiger partial charge in [-0.3, -0.25) is 19.6 Å². The molecule has 4 aliphatic carbocycles. The van der Waals surface area contributed by atoms with Crippen LogP contribution in [0.2, 0.25) is 0 Å². The molecule has 1 aromatic heterocycles. The zero-order valence-corrected chi connectivity index (χ0v) is 20.1. The van der Waals surface area contributed by atoms with Gasteiger partial charge >= 0.3 is 5.69 Å². The van der Waals surface area contributed by atoms with Gasteiger partial charge in [-0.2, -0.15) is 5.10 Å². The molecule has 1 saturated heterocycles. The Morgan fingerprint density at radius 3 is 2.24 bits per heavy atom. The van der Waals surface area contributed by atoms with E-state index in [2.05, 4.69) is 42.0 Å². The van der Waals surface area contributed by atoms with Crippen LogP contribution in [-0.2, 0) is 5.54 Å². The smallest absolute Gasteiger partial charge is 0.320 e. The summed E-state index contributed by atoms with van der Waals surface area (Å²) in [6.07, 6.45) is 8.56. The Morgan fingerprint density at radius 1 is 1.03 bits per heavy atom. The van der Waals surface area contributed by atoms with Gasteiger partial charge in [-0.25, -0.2) is 0 Å². The highest BCUT2D eigenvalue weighted by atomic mass is 16.6. The van der Waals surface area contributed by atoms with Gasteiger partial charge in [0.1, 0.15) is 6.20 Å². The topological polar surface area (TPSA) is 84.5 Å². The van der Waals surface area contributed by atoms with Crippen molar-refractivity contribution in [3.8, 4) is 0 Å². The third kappa shape index (κ3) is 3.49. The molecule has 5 aliphatic rings. The second kappa shape index (κ2) is 7.82. The predicted molar refractivity (Wildman–Crippen MR) is 129 cm³/mol. The van der Waals surface area contributed by atoms with Crippen molar-refractivity contribution >= 4 is 17.3 Å². The van der Waals surface area contributed by atoms with Crippen LogP contribution in [0.25, 0.3) is 0 Å². The molecule has 4 saturated carbocycles. The van der Waals surface area contributed by atoms with Crippen LogP contribution >= 0.6 is 0 Å². The van der Waals surface area contributed by atoms with E-state index in [-0.39, 0.29) is 22.8 Å². The third-order valence-electron chi connectivity index (χ3n) is 8.86. The minimum Gasteiger partial charge on any atom is -0.368 e. The molecule has 0 atom stereocenters. The summed E-state index contributed by atoms with van der Waals surface area (Å²) in [4.78, 5) is 29.0. The van der Waals surface area contributed by atoms with E-state index in [1.54, 1.807) is 11.1 Å². The molecule has 4 bridgehead atoms. The molecule has 0 N–H and O–H groups in total. The molecule has 5 fully saturated rings. The van der Waals surface area contributed by atoms with E-state index in [1.165, 1.54) is 36.1 Å². The number of carbonyl (C=O) groups excluding carboxylic acids is 1. The summed E-state index contributed by atoms with van der Waals surface area (Å²) < 4.78 is 1.84. The van der Waals surface area contributed by atoms with Crippen molar-refractivity contribution < 1.29 is 9.72 Å². The molecule has 1 aromatic carbocycles. The molecule has 0 spiro atoms. The SMILES string of the molecule is Cc1ccc(C)c(N2CCN(C(=O)c3nn(C45CC6CC(CC(C6)C4)C5)cc3[N+](=O)[O-])CC2)c1. The first-order chi connectivity index (χ1) is 16.3. The Hall–Kier alpha value is -2.90. The van der Waals surface area contributed by atoms with Crippen LogP contribution in [0, 0.1) is 41.7 Å². The molecular weight excluding hydrogens is 430 g/mol. The number of amides is 1. The maximum absolute atomic E-state index is 13.5. The number of carbonyl (C=O) groups is 1. The van der Waals surface area contributed by atoms with Crippen LogP contribution < -0.4 is 4.90 Å². The van der Waals surface area contributed by atoms with E-state index in [0.717, 1.165) is 19.3 Å². The van der Waals surface area contributed by atoms with Crippen molar-refractivity contribution in [2.75, 3.05) is 31.1 Å². The second-order valence-electron chi connectivity index (χ2n) is 11.3. The van der Waals surface area contributed by atoms with Gasteiger partial charge in [-0.1, -0.05) is 12.1 Å². The first-order valence-corrected chi connectivity index (χ1v) is 12.7. The van der Waals surface area contributed by atoms with Crippen LogP contribution in [0.5, 0.6) is 0 Å². The number of hydrogen-bond acceptors (Lipinski definition) is 5. The van der Waals surface area contributed by atoms with Crippen molar-refractivity contribution in [3.63, 3.8) is 0 Å². The molecule has 8 nitrogen and oxygen atoms in total. The Labute approximate surface area is 200 Å². The van der Waals surface area contributed by atoms with E-state index in [9.17, 15) is 14.9 Å². The zero-order chi connectivity index (χ0) is 23.6. The average Bonchev–Trinajstić information content (AvgIpc) is 3.26. The highest BCUT2D eigenvalue weighted by Crippen LogP contribution is 2.58. The quantitative estimate of drug-likeness (QED) is 0.499. The minimum atomic E-state index is -0.427. The Balaban J connectivity index is 1.23. The molecule has 8 heteroatoms. The van der Waals surface area contributed by atoms with Gasteiger partial charge < -0.3 is 9.80 Å². The summed E-state index contributed by atoms with van der Waals surface area (Å²) in [5.41, 5.74) is 3.36. The summed E-state index contributed by atoms with van der Waals surface area (Å²) in [5, 5.41) is 16.6. The number of aryl methyl sites for hydroxylation is 2. The maximum Gasteiger partial charge on any atom is 0.320 e. The molecule has 2 heterocycles. The molecule has 180 valence electrons. The molecule has 1 aliphatic heterocycles. The van der Waals surface area contributed by atoms with E-state index in [1.807, 2.05) is 4.68 Å². The fraction of sp³-hybridized carbons (Fsp3) is 0.615. The number of piperazine rings is 1. The molecule has 7 rings (SSSR count). The first-order valence-electron chi connectivity index (χ1n) is 12.7. The summed E-state index contributed by atoms with van der Waals surface area (Å²) >= 11 is 0. The van der Waals surface area contributed by atoms with Crippen molar-refractivity contribution in [1.82, 2.24) is 14.7 Å². The Kier molecular flexibility index (Phi) is 4.97. The highest BCUT2D eigenvalue weighted by molar-refractivity contribution is 5.96. The molecule has 34 heavy (non-hydrogen) atoms. The predicted octanol–water partition coefficient (Wildman–Crippen LogP) is 4.30. The molecule has 0 unspecified atom stereocenters. The number of rotatable bonds is 4. The fourth-order valence-corrected chi connectivity index (χ4v) is 7.60. The minimum absolute atomic E-state index is 0.0148. The van der Waals surface area contributed by atoms with Crippen LogP contribution in [0.4, 0.5) is 11.4 Å². The fourth-order valence-electron chi connectivity index (χ4n) is 7.60. The van der Waals surface area contributed by atoms with Gasteiger partial charge in [-0.05, 0) is 87.3 Å². The van der Waals surface area contributed by atoms with Gasteiger partial charge in [0.05, 0.1) is 10.5 Å². The normalized spacial score (nSPS) is 30.1. The standard InChI is InChI=1S/C26H33N5O3/c1-17-3-4-18(2)22(9-17)28-5-7-29(8-6-28)25(32)24-23(31(33)34)16-30(27-24)26-13-19-10-20(14-26)12-21(11-19)15-26/h3-4,9,16,19-21H,5-8,10-15H2,1-2H3. The summed E-state index contributed by atoms with van der Waals surface area (Å²) in [6, 6.07) is 6.42. The van der Waals surface area contributed by atoms with Crippen LogP contribution in [0.1, 0.15) is 60.1 Å². The summed E-state index contributed by atoms with van der Waals surface area (Å²) in [7, 11) is 0. The molecular formula is C26H33N5O3. The lowest BCUT2D eigenvalue weighted by atomic mass is 9.53. The van der Waals surface area contributed by atoms with E-state index >= 15 is 0 Å². The second-order valence-corrected chi connectivity index (χ2v) is 11.3. The molecule has 2 aromatic rings. The van der Waals surface area contributed by atoms with E-state index in [0.29, 0.717) is 43.9 Å². The largest absolute Gasteiger partial charge is 0.368 e. The van der Waals surface area contributed by atoms with Gasteiger partial charge in [0.15, 0.2) is 0 Å². The lowest BCUT2D eigenvalue weighted by molar-refractivity contribution is -0.385. The number of aromatic nitrogens is 2. The Morgan fingerprint density at radius 2 is 1.65 bits per heavy atom. The average molecular weight is 464 g/mol. The lowest BCUT2D eigenvalue weighted by Gasteiger charge is -2.56. The van der Waals surface area contributed by atoms with Crippen molar-refractivity contribution in [1.29, 1.82) is 0 Å². The van der Waals surface area contributed by atoms with Crippen molar-refractivity contribution in [2.24, 2.45) is 17.8 Å². The number of benzene rings is 1.